The van der Waals surface area contributed by atoms with E-state index in [2.05, 4.69) is 11.6 Å². The fourth-order valence-corrected chi connectivity index (χ4v) is 0.928. The third-order valence-corrected chi connectivity index (χ3v) is 1.70. The van der Waals surface area contributed by atoms with Gasteiger partial charge in [-0.25, -0.2) is 14.2 Å². The molecule has 1 rings (SSSR count). The molecule has 14 heavy (non-hydrogen) atoms. The monoisotopic (exact) mass is 196 g/mol. The first-order chi connectivity index (χ1) is 6.56. The van der Waals surface area contributed by atoms with Crippen molar-refractivity contribution in [2.45, 2.75) is 6.04 Å². The second-order valence-electron chi connectivity index (χ2n) is 2.67. The number of aromatic nitrogens is 1. The fourth-order valence-electron chi connectivity index (χ4n) is 0.928. The number of pyridine rings is 1. The highest BCUT2D eigenvalue weighted by atomic mass is 19.1. The van der Waals surface area contributed by atoms with Gasteiger partial charge in [-0.1, -0.05) is 6.08 Å². The average molecular weight is 196 g/mol. The molecule has 0 amide bonds. The summed E-state index contributed by atoms with van der Waals surface area (Å²) < 4.78 is 13.1. The van der Waals surface area contributed by atoms with Crippen molar-refractivity contribution in [3.8, 4) is 0 Å². The van der Waals surface area contributed by atoms with Crippen LogP contribution >= 0.6 is 0 Å². The molecule has 1 atom stereocenters. The summed E-state index contributed by atoms with van der Waals surface area (Å²) in [5, 5.41) is 8.50. The van der Waals surface area contributed by atoms with Gasteiger partial charge in [-0.3, -0.25) is 0 Å². The Morgan fingerprint density at radius 3 is 2.86 bits per heavy atom. The van der Waals surface area contributed by atoms with Crippen molar-refractivity contribution in [3.05, 3.63) is 42.0 Å². The van der Waals surface area contributed by atoms with Crippen LogP contribution in [0.3, 0.4) is 0 Å². The van der Waals surface area contributed by atoms with Crippen LogP contribution < -0.4 is 5.73 Å². The second kappa shape index (κ2) is 3.97. The Kier molecular flexibility index (Phi) is 2.93. The fraction of sp³-hybridized carbons (Fsp3) is 0.111. The summed E-state index contributed by atoms with van der Waals surface area (Å²) in [7, 11) is 0. The molecular formula is C9H9FN2O2. The summed E-state index contributed by atoms with van der Waals surface area (Å²) in [6.07, 6.45) is 2.63. The van der Waals surface area contributed by atoms with E-state index in [9.17, 15) is 9.18 Å². The zero-order valence-electron chi connectivity index (χ0n) is 7.27. The summed E-state index contributed by atoms with van der Waals surface area (Å²) in [5.74, 6) is -2.30. The Hall–Kier alpha value is -1.75. The van der Waals surface area contributed by atoms with Gasteiger partial charge in [-0.05, 0) is 11.6 Å². The van der Waals surface area contributed by atoms with E-state index < -0.39 is 23.5 Å². The molecule has 1 heterocycles. The topological polar surface area (TPSA) is 76.2 Å². The molecule has 0 radical (unpaired) electrons. The molecular weight excluding hydrogens is 187 g/mol. The molecule has 0 spiro atoms. The number of aromatic carboxylic acids is 1. The summed E-state index contributed by atoms with van der Waals surface area (Å²) in [5.41, 5.74) is 5.30. The van der Waals surface area contributed by atoms with E-state index >= 15 is 0 Å². The number of nitrogens with zero attached hydrogens (tertiary/aromatic N) is 1. The van der Waals surface area contributed by atoms with Crippen LogP contribution in [0, 0.1) is 5.82 Å². The van der Waals surface area contributed by atoms with Crippen LogP contribution in [-0.2, 0) is 0 Å². The minimum absolute atomic E-state index is 0.391. The molecule has 74 valence electrons. The third-order valence-electron chi connectivity index (χ3n) is 1.70. The first-order valence-corrected chi connectivity index (χ1v) is 3.83. The van der Waals surface area contributed by atoms with Crippen LogP contribution in [0.25, 0.3) is 0 Å². The molecule has 4 nitrogen and oxygen atoms in total. The van der Waals surface area contributed by atoms with Gasteiger partial charge in [0, 0.05) is 12.2 Å². The minimum Gasteiger partial charge on any atom is -0.476 e. The first-order valence-electron chi connectivity index (χ1n) is 3.83. The van der Waals surface area contributed by atoms with Gasteiger partial charge in [-0.2, -0.15) is 0 Å². The highest BCUT2D eigenvalue weighted by molar-refractivity contribution is 5.85. The van der Waals surface area contributed by atoms with Crippen LogP contribution in [-0.4, -0.2) is 16.1 Å². The zero-order chi connectivity index (χ0) is 10.7. The van der Waals surface area contributed by atoms with E-state index in [4.69, 9.17) is 10.8 Å². The smallest absolute Gasteiger partial charge is 0.357 e. The van der Waals surface area contributed by atoms with Crippen LogP contribution in [0.5, 0.6) is 0 Å². The van der Waals surface area contributed by atoms with Gasteiger partial charge < -0.3 is 10.8 Å². The van der Waals surface area contributed by atoms with E-state index in [1.54, 1.807) is 0 Å². The lowest BCUT2D eigenvalue weighted by atomic mass is 10.1. The van der Waals surface area contributed by atoms with Gasteiger partial charge in [-0.15, -0.1) is 6.58 Å². The number of hydrogen-bond donors (Lipinski definition) is 2. The van der Waals surface area contributed by atoms with Crippen molar-refractivity contribution in [2.75, 3.05) is 0 Å². The number of nitrogens with two attached hydrogens (primary N) is 1. The van der Waals surface area contributed by atoms with Crippen molar-refractivity contribution in [1.29, 1.82) is 0 Å². The Morgan fingerprint density at radius 2 is 2.43 bits per heavy atom. The molecule has 0 saturated heterocycles. The van der Waals surface area contributed by atoms with Crippen molar-refractivity contribution >= 4 is 5.97 Å². The molecule has 0 aliphatic heterocycles. The predicted molar refractivity (Wildman–Crippen MR) is 48.3 cm³/mol. The van der Waals surface area contributed by atoms with Crippen molar-refractivity contribution < 1.29 is 14.3 Å². The molecule has 0 saturated carbocycles. The highest BCUT2D eigenvalue weighted by Gasteiger charge is 2.13. The molecule has 0 aliphatic rings. The zero-order valence-corrected chi connectivity index (χ0v) is 7.27. The van der Waals surface area contributed by atoms with E-state index in [1.165, 1.54) is 12.3 Å². The van der Waals surface area contributed by atoms with Crippen LogP contribution in [0.2, 0.25) is 0 Å². The van der Waals surface area contributed by atoms with Crippen LogP contribution in [0.1, 0.15) is 22.1 Å². The maximum Gasteiger partial charge on any atom is 0.357 e. The van der Waals surface area contributed by atoms with Gasteiger partial charge in [0.05, 0.1) is 0 Å². The number of carboxylic acid groups (broad SMARTS) is 1. The normalized spacial score (nSPS) is 12.1. The largest absolute Gasteiger partial charge is 0.476 e. The Balaban J connectivity index is 3.12. The maximum absolute atomic E-state index is 13.1. The van der Waals surface area contributed by atoms with Crippen molar-refractivity contribution in [1.82, 2.24) is 4.98 Å². The standard InChI is InChI=1S/C9H9FN2O2/c1-2-7(11)5-3-6(10)8(9(13)14)12-4-5/h2-4,7H,1,11H2,(H,13,14). The SMILES string of the molecule is C=CC(N)c1cnc(C(=O)O)c(F)c1. The number of halogens is 1. The lowest BCUT2D eigenvalue weighted by Gasteiger charge is -2.06. The van der Waals surface area contributed by atoms with E-state index in [0.717, 1.165) is 6.07 Å². The maximum atomic E-state index is 13.1. The van der Waals surface area contributed by atoms with Gasteiger partial charge in [0.15, 0.2) is 11.5 Å². The van der Waals surface area contributed by atoms with E-state index in [0.29, 0.717) is 5.56 Å². The second-order valence-corrected chi connectivity index (χ2v) is 2.67. The molecule has 3 N–H and O–H groups in total. The van der Waals surface area contributed by atoms with E-state index in [1.807, 2.05) is 0 Å². The molecule has 0 aromatic carbocycles. The molecule has 5 heteroatoms. The van der Waals surface area contributed by atoms with Crippen LogP contribution in [0.15, 0.2) is 24.9 Å². The third kappa shape index (κ3) is 1.94. The van der Waals surface area contributed by atoms with Gasteiger partial charge in [0.1, 0.15) is 0 Å². The lowest BCUT2D eigenvalue weighted by Crippen LogP contribution is -2.10. The minimum atomic E-state index is -1.40. The molecule has 0 aliphatic carbocycles. The lowest BCUT2D eigenvalue weighted by molar-refractivity contribution is 0.0685. The molecule has 1 unspecified atom stereocenters. The Labute approximate surface area is 79.9 Å². The van der Waals surface area contributed by atoms with Crippen LogP contribution in [0.4, 0.5) is 4.39 Å². The first kappa shape index (κ1) is 10.3. The van der Waals surface area contributed by atoms with Gasteiger partial charge in [0.2, 0.25) is 0 Å². The number of carbonyl (C=O) groups is 1. The summed E-state index contributed by atoms with van der Waals surface area (Å²) in [4.78, 5) is 13.9. The number of hydrogen-bond acceptors (Lipinski definition) is 3. The molecule has 0 bridgehead atoms. The van der Waals surface area contributed by atoms with Gasteiger partial charge in [0.25, 0.3) is 0 Å². The summed E-state index contributed by atoms with van der Waals surface area (Å²) in [6, 6.07) is 0.503. The van der Waals surface area contributed by atoms with Crippen molar-refractivity contribution in [2.24, 2.45) is 5.73 Å². The Bertz CT molecular complexity index is 379. The molecule has 1 aromatic heterocycles. The summed E-state index contributed by atoms with van der Waals surface area (Å²) in [6.45, 7) is 3.43. The highest BCUT2D eigenvalue weighted by Crippen LogP contribution is 2.13. The summed E-state index contributed by atoms with van der Waals surface area (Å²) >= 11 is 0. The average Bonchev–Trinajstić information content (AvgIpc) is 2.15. The molecule has 0 fully saturated rings. The Morgan fingerprint density at radius 1 is 1.79 bits per heavy atom. The number of carboxylic acids is 1. The van der Waals surface area contributed by atoms with Crippen molar-refractivity contribution in [3.63, 3.8) is 0 Å². The number of rotatable bonds is 3. The predicted octanol–water partition coefficient (Wildman–Crippen LogP) is 1.10. The molecule has 1 aromatic rings. The quantitative estimate of drug-likeness (QED) is 0.710. The van der Waals surface area contributed by atoms with Gasteiger partial charge >= 0.3 is 5.97 Å². The van der Waals surface area contributed by atoms with E-state index in [-0.39, 0.29) is 0 Å².